The number of nitrogens with one attached hydrogen (secondary N) is 1. The maximum absolute atomic E-state index is 11.7. The molecule has 0 aliphatic carbocycles. The normalized spacial score (nSPS) is 21.8. The number of amides is 1. The van der Waals surface area contributed by atoms with Crippen LogP contribution in [0.4, 0.5) is 0 Å². The molecule has 1 aliphatic heterocycles. The second-order valence-corrected chi connectivity index (χ2v) is 4.24. The summed E-state index contributed by atoms with van der Waals surface area (Å²) in [4.78, 5) is 23.0. The number of carbonyl (C=O) groups excluding carboxylic acids is 2. The van der Waals surface area contributed by atoms with Gasteiger partial charge in [0, 0.05) is 24.6 Å². The van der Waals surface area contributed by atoms with Crippen LogP contribution in [0.25, 0.3) is 0 Å². The van der Waals surface area contributed by atoms with Crippen molar-refractivity contribution in [3.63, 3.8) is 0 Å². The summed E-state index contributed by atoms with van der Waals surface area (Å²) in [5, 5.41) is 12.3. The molecule has 2 rings (SSSR count). The Morgan fingerprint density at radius 2 is 2.05 bits per heavy atom. The minimum atomic E-state index is -1.15. The molecule has 2 N–H and O–H groups in total. The van der Waals surface area contributed by atoms with E-state index in [2.05, 4.69) is 5.32 Å². The lowest BCUT2D eigenvalue weighted by Gasteiger charge is -2.23. The molecule has 5 heteroatoms. The molecule has 100 valence electrons. The fourth-order valence-electron chi connectivity index (χ4n) is 1.81. The van der Waals surface area contributed by atoms with Crippen LogP contribution in [0.5, 0.6) is 0 Å². The number of rotatable bonds is 4. The van der Waals surface area contributed by atoms with E-state index in [-0.39, 0.29) is 11.7 Å². The molecule has 0 radical (unpaired) electrons. The minimum Gasteiger partial charge on any atom is -0.495 e. The van der Waals surface area contributed by atoms with Gasteiger partial charge in [-0.3, -0.25) is 9.59 Å². The van der Waals surface area contributed by atoms with Gasteiger partial charge in [0.1, 0.15) is 6.10 Å². The van der Waals surface area contributed by atoms with Crippen LogP contribution in [0.15, 0.2) is 42.7 Å². The molecular formula is C14H15NO4. The first-order valence-corrected chi connectivity index (χ1v) is 6.05. The van der Waals surface area contributed by atoms with Crippen molar-refractivity contribution in [3.05, 3.63) is 48.2 Å². The molecule has 0 unspecified atom stereocenters. The molecular weight excluding hydrogens is 246 g/mol. The molecule has 1 aromatic rings. The van der Waals surface area contributed by atoms with Gasteiger partial charge in [0.25, 0.3) is 5.91 Å². The predicted molar refractivity (Wildman–Crippen MR) is 68.4 cm³/mol. The smallest absolute Gasteiger partial charge is 0.251 e. The number of carbonyl (C=O) groups is 2. The Bertz CT molecular complexity index is 483. The molecule has 1 heterocycles. The first-order valence-electron chi connectivity index (χ1n) is 6.05. The van der Waals surface area contributed by atoms with E-state index in [1.54, 1.807) is 24.3 Å². The minimum absolute atomic E-state index is 0.187. The summed E-state index contributed by atoms with van der Waals surface area (Å²) in [6.45, 7) is 0.330. The fraction of sp³-hybridized carbons (Fsp3) is 0.286. The summed E-state index contributed by atoms with van der Waals surface area (Å²) in [6, 6.07) is 8.83. The van der Waals surface area contributed by atoms with Crippen LogP contribution in [-0.4, -0.2) is 35.5 Å². The van der Waals surface area contributed by atoms with E-state index in [0.29, 0.717) is 18.5 Å². The molecule has 0 saturated heterocycles. The van der Waals surface area contributed by atoms with E-state index < -0.39 is 12.2 Å². The molecule has 0 bridgehead atoms. The zero-order chi connectivity index (χ0) is 13.7. The average molecular weight is 261 g/mol. The maximum atomic E-state index is 11.7. The van der Waals surface area contributed by atoms with Gasteiger partial charge >= 0.3 is 0 Å². The highest BCUT2D eigenvalue weighted by Gasteiger charge is 2.28. The van der Waals surface area contributed by atoms with Gasteiger partial charge in [0.05, 0.1) is 6.26 Å². The number of hydrogen-bond donors (Lipinski definition) is 2. The second-order valence-electron chi connectivity index (χ2n) is 4.24. The summed E-state index contributed by atoms with van der Waals surface area (Å²) >= 11 is 0. The first kappa shape index (κ1) is 13.3. The van der Waals surface area contributed by atoms with Gasteiger partial charge in [0.2, 0.25) is 0 Å². The molecule has 1 aromatic carbocycles. The van der Waals surface area contributed by atoms with Crippen LogP contribution in [0.1, 0.15) is 16.8 Å². The zero-order valence-corrected chi connectivity index (χ0v) is 10.3. The Kier molecular flexibility index (Phi) is 4.30. The van der Waals surface area contributed by atoms with Gasteiger partial charge < -0.3 is 15.2 Å². The highest BCUT2D eigenvalue weighted by Crippen LogP contribution is 2.11. The van der Waals surface area contributed by atoms with Gasteiger partial charge in [-0.05, 0) is 12.1 Å². The molecule has 1 aliphatic rings. The van der Waals surface area contributed by atoms with Crippen molar-refractivity contribution in [3.8, 4) is 0 Å². The van der Waals surface area contributed by atoms with Crippen LogP contribution < -0.4 is 5.32 Å². The number of hydrogen-bond acceptors (Lipinski definition) is 4. The van der Waals surface area contributed by atoms with Crippen LogP contribution in [0.3, 0.4) is 0 Å². The van der Waals surface area contributed by atoms with Gasteiger partial charge in [-0.25, -0.2) is 0 Å². The molecule has 0 spiro atoms. The van der Waals surface area contributed by atoms with Crippen LogP contribution in [0, 0.1) is 0 Å². The van der Waals surface area contributed by atoms with Gasteiger partial charge in [-0.1, -0.05) is 18.2 Å². The summed E-state index contributed by atoms with van der Waals surface area (Å²) in [5.74, 6) is -0.557. The molecule has 1 amide bonds. The first-order chi connectivity index (χ1) is 9.18. The van der Waals surface area contributed by atoms with E-state index >= 15 is 0 Å². The van der Waals surface area contributed by atoms with E-state index in [9.17, 15) is 14.7 Å². The fourth-order valence-corrected chi connectivity index (χ4v) is 1.81. The van der Waals surface area contributed by atoms with E-state index in [0.717, 1.165) is 0 Å². The van der Waals surface area contributed by atoms with Crippen molar-refractivity contribution in [1.29, 1.82) is 0 Å². The number of ether oxygens (including phenoxy) is 1. The SMILES string of the molecule is O=C(NCC[C@H]1OC=CC(=O)[C@@H]1O)c1ccccc1. The zero-order valence-electron chi connectivity index (χ0n) is 10.3. The van der Waals surface area contributed by atoms with E-state index in [4.69, 9.17) is 4.74 Å². The molecule has 5 nitrogen and oxygen atoms in total. The number of ketones is 1. The average Bonchev–Trinajstić information content (AvgIpc) is 2.44. The van der Waals surface area contributed by atoms with Crippen molar-refractivity contribution < 1.29 is 19.4 Å². The Labute approximate surface area is 110 Å². The monoisotopic (exact) mass is 261 g/mol. The van der Waals surface area contributed by atoms with Crippen LogP contribution >= 0.6 is 0 Å². The largest absolute Gasteiger partial charge is 0.495 e. The van der Waals surface area contributed by atoms with Crippen molar-refractivity contribution in [2.45, 2.75) is 18.6 Å². The van der Waals surface area contributed by atoms with Crippen LogP contribution in [-0.2, 0) is 9.53 Å². The summed E-state index contributed by atoms with van der Waals surface area (Å²) < 4.78 is 5.15. The van der Waals surface area contributed by atoms with Gasteiger partial charge in [-0.2, -0.15) is 0 Å². The number of aliphatic hydroxyl groups excluding tert-OH is 1. The summed E-state index contributed by atoms with van der Waals surface area (Å²) in [7, 11) is 0. The third-order valence-electron chi connectivity index (χ3n) is 2.88. The maximum Gasteiger partial charge on any atom is 0.251 e. The van der Waals surface area contributed by atoms with Crippen molar-refractivity contribution in [1.82, 2.24) is 5.32 Å². The summed E-state index contributed by atoms with van der Waals surface area (Å²) in [5.41, 5.74) is 0.573. The van der Waals surface area contributed by atoms with Crippen LogP contribution in [0.2, 0.25) is 0 Å². The number of aliphatic hydroxyl groups is 1. The highest BCUT2D eigenvalue weighted by atomic mass is 16.5. The molecule has 0 fully saturated rings. The standard InChI is InChI=1S/C14H15NO4/c16-11-7-9-19-12(13(11)17)6-8-15-14(18)10-4-2-1-3-5-10/h1-5,7,9,12-13,17H,6,8H2,(H,15,18)/t12-,13+/m1/s1. The number of benzene rings is 1. The quantitative estimate of drug-likeness (QED) is 0.834. The predicted octanol–water partition coefficient (Wildman–Crippen LogP) is 0.649. The lowest BCUT2D eigenvalue weighted by molar-refractivity contribution is -0.131. The molecule has 0 aromatic heterocycles. The lowest BCUT2D eigenvalue weighted by atomic mass is 10.0. The van der Waals surface area contributed by atoms with Gasteiger partial charge in [0.15, 0.2) is 11.9 Å². The Morgan fingerprint density at radius 3 is 2.79 bits per heavy atom. The molecule has 2 atom stereocenters. The molecule has 19 heavy (non-hydrogen) atoms. The topological polar surface area (TPSA) is 75.6 Å². The van der Waals surface area contributed by atoms with Gasteiger partial charge in [-0.15, -0.1) is 0 Å². The Morgan fingerprint density at radius 1 is 1.32 bits per heavy atom. The molecule has 0 saturated carbocycles. The Hall–Kier alpha value is -2.14. The highest BCUT2D eigenvalue weighted by molar-refractivity contribution is 5.94. The van der Waals surface area contributed by atoms with E-state index in [1.807, 2.05) is 6.07 Å². The van der Waals surface area contributed by atoms with Crippen molar-refractivity contribution in [2.24, 2.45) is 0 Å². The Balaban J connectivity index is 1.79. The van der Waals surface area contributed by atoms with E-state index in [1.165, 1.54) is 12.3 Å². The van der Waals surface area contributed by atoms with Crippen molar-refractivity contribution >= 4 is 11.7 Å². The lowest BCUT2D eigenvalue weighted by Crippen LogP contribution is -2.39. The summed E-state index contributed by atoms with van der Waals surface area (Å²) in [6.07, 6.45) is 1.09. The third kappa shape index (κ3) is 3.42. The third-order valence-corrected chi connectivity index (χ3v) is 2.88. The second kappa shape index (κ2) is 6.15. The van der Waals surface area contributed by atoms with Crippen molar-refractivity contribution in [2.75, 3.05) is 6.54 Å².